The lowest BCUT2D eigenvalue weighted by Crippen LogP contribution is -3.29. The van der Waals surface area contributed by atoms with Gasteiger partial charge in [-0.05, 0) is 43.7 Å². The Hall–Kier alpha value is -2.41. The largest absolute Gasteiger partial charge is 0.378 e. The monoisotopic (exact) mass is 424 g/mol. The Labute approximate surface area is 185 Å². The Kier molecular flexibility index (Phi) is 7.22. The van der Waals surface area contributed by atoms with E-state index in [1.165, 1.54) is 21.7 Å². The Morgan fingerprint density at radius 1 is 1.03 bits per heavy atom. The van der Waals surface area contributed by atoms with E-state index in [-0.39, 0.29) is 11.9 Å². The van der Waals surface area contributed by atoms with Crippen LogP contribution in [-0.2, 0) is 16.1 Å². The second-order valence-electron chi connectivity index (χ2n) is 8.87. The van der Waals surface area contributed by atoms with Gasteiger partial charge in [-0.25, -0.2) is 0 Å². The van der Waals surface area contributed by atoms with Gasteiger partial charge in [-0.1, -0.05) is 24.3 Å². The van der Waals surface area contributed by atoms with Gasteiger partial charge in [0.25, 0.3) is 5.91 Å². The minimum Gasteiger partial charge on any atom is -0.378 e. The molecule has 4 rings (SSSR count). The number of piperazine rings is 1. The molecule has 0 unspecified atom stereocenters. The van der Waals surface area contributed by atoms with Crippen LogP contribution in [0.4, 0.5) is 11.4 Å². The first-order valence-electron chi connectivity index (χ1n) is 11.6. The molecule has 2 aliphatic heterocycles. The summed E-state index contributed by atoms with van der Waals surface area (Å²) in [5.74, 6) is 0.108. The molecule has 2 aromatic carbocycles. The van der Waals surface area contributed by atoms with E-state index in [0.717, 1.165) is 64.7 Å². The quantitative estimate of drug-likeness (QED) is 0.619. The maximum absolute atomic E-state index is 12.8. The molecule has 2 aliphatic rings. The third kappa shape index (κ3) is 5.64. The Morgan fingerprint density at radius 2 is 1.71 bits per heavy atom. The van der Waals surface area contributed by atoms with Crippen LogP contribution in [-0.4, -0.2) is 64.4 Å². The minimum absolute atomic E-state index is 0.0427. The van der Waals surface area contributed by atoms with Gasteiger partial charge in [0.15, 0.2) is 6.04 Å². The van der Waals surface area contributed by atoms with E-state index < -0.39 is 0 Å². The summed E-state index contributed by atoms with van der Waals surface area (Å²) in [6, 6.07) is 16.8. The van der Waals surface area contributed by atoms with Gasteiger partial charge >= 0.3 is 0 Å². The van der Waals surface area contributed by atoms with Crippen LogP contribution in [0.3, 0.4) is 0 Å². The summed E-state index contributed by atoms with van der Waals surface area (Å²) in [5, 5.41) is 3.12. The summed E-state index contributed by atoms with van der Waals surface area (Å²) in [6.45, 7) is 13.0. The predicted molar refractivity (Wildman–Crippen MR) is 124 cm³/mol. The smallest absolute Gasteiger partial charge is 0.282 e. The zero-order valence-corrected chi connectivity index (χ0v) is 18.8. The van der Waals surface area contributed by atoms with Gasteiger partial charge in [-0.2, -0.15) is 0 Å². The fraction of sp³-hybridized carbons (Fsp3) is 0.480. The number of carbonyl (C=O) groups is 1. The van der Waals surface area contributed by atoms with Gasteiger partial charge < -0.3 is 24.8 Å². The normalized spacial score (nSPS) is 22.7. The van der Waals surface area contributed by atoms with E-state index >= 15 is 0 Å². The summed E-state index contributed by atoms with van der Waals surface area (Å²) in [6.07, 6.45) is 0. The van der Waals surface area contributed by atoms with E-state index in [2.05, 4.69) is 60.5 Å². The molecule has 0 spiro atoms. The van der Waals surface area contributed by atoms with Gasteiger partial charge in [0.05, 0.1) is 13.2 Å². The molecule has 1 atom stereocenters. The molecule has 2 saturated heterocycles. The fourth-order valence-electron chi connectivity index (χ4n) is 4.63. The molecule has 1 amide bonds. The average Bonchev–Trinajstić information content (AvgIpc) is 2.81. The van der Waals surface area contributed by atoms with Crippen LogP contribution in [0.5, 0.6) is 0 Å². The van der Waals surface area contributed by atoms with Crippen molar-refractivity contribution in [1.82, 2.24) is 0 Å². The number of hydrogen-bond donors (Lipinski definition) is 3. The summed E-state index contributed by atoms with van der Waals surface area (Å²) in [4.78, 5) is 18.2. The van der Waals surface area contributed by atoms with Crippen LogP contribution in [0.25, 0.3) is 0 Å². The number of amides is 1. The molecule has 3 N–H and O–H groups in total. The molecule has 2 fully saturated rings. The molecule has 0 radical (unpaired) electrons. The number of anilines is 2. The van der Waals surface area contributed by atoms with Crippen LogP contribution >= 0.6 is 0 Å². The number of ether oxygens (including phenoxy) is 1. The van der Waals surface area contributed by atoms with Crippen molar-refractivity contribution in [2.75, 3.05) is 62.7 Å². The van der Waals surface area contributed by atoms with E-state index in [0.29, 0.717) is 0 Å². The Bertz CT molecular complexity index is 856. The fourth-order valence-corrected chi connectivity index (χ4v) is 4.63. The number of quaternary nitrogens is 2. The van der Waals surface area contributed by atoms with E-state index in [4.69, 9.17) is 4.74 Å². The summed E-state index contributed by atoms with van der Waals surface area (Å²) < 4.78 is 5.42. The number of morpholine rings is 1. The Balaban J connectivity index is 1.25. The first-order valence-corrected chi connectivity index (χ1v) is 11.6. The molecule has 0 aromatic heterocycles. The summed E-state index contributed by atoms with van der Waals surface area (Å²) in [5.41, 5.74) is 4.87. The third-order valence-electron chi connectivity index (χ3n) is 6.82. The van der Waals surface area contributed by atoms with Gasteiger partial charge in [0.2, 0.25) is 0 Å². The molecule has 2 aromatic rings. The van der Waals surface area contributed by atoms with Crippen molar-refractivity contribution in [2.45, 2.75) is 26.4 Å². The molecule has 166 valence electrons. The topological polar surface area (TPSA) is 50.5 Å². The summed E-state index contributed by atoms with van der Waals surface area (Å²) >= 11 is 0. The van der Waals surface area contributed by atoms with Crippen molar-refractivity contribution >= 4 is 17.3 Å². The number of benzene rings is 2. The zero-order valence-electron chi connectivity index (χ0n) is 18.8. The lowest BCUT2D eigenvalue weighted by atomic mass is 10.1. The van der Waals surface area contributed by atoms with Crippen LogP contribution in [0.15, 0.2) is 48.5 Å². The lowest BCUT2D eigenvalue weighted by molar-refractivity contribution is -1.02. The number of rotatable bonds is 6. The van der Waals surface area contributed by atoms with E-state index in [1.807, 2.05) is 12.1 Å². The SMILES string of the molecule is Cc1ccccc1C[NH+]1CC[NH+]([C@@H](C)C(=O)Nc2ccc(N3CCOCC3)cc2)CC1. The van der Waals surface area contributed by atoms with E-state index in [1.54, 1.807) is 4.90 Å². The van der Waals surface area contributed by atoms with Crippen LogP contribution in [0.1, 0.15) is 18.1 Å². The highest BCUT2D eigenvalue weighted by Crippen LogP contribution is 2.19. The molecule has 2 heterocycles. The van der Waals surface area contributed by atoms with Gasteiger partial charge in [0.1, 0.15) is 32.7 Å². The van der Waals surface area contributed by atoms with Crippen molar-refractivity contribution in [3.8, 4) is 0 Å². The molecule has 31 heavy (non-hydrogen) atoms. The van der Waals surface area contributed by atoms with Crippen molar-refractivity contribution in [1.29, 1.82) is 0 Å². The second kappa shape index (κ2) is 10.3. The molecule has 0 bridgehead atoms. The van der Waals surface area contributed by atoms with Crippen LogP contribution in [0.2, 0.25) is 0 Å². The highest BCUT2D eigenvalue weighted by atomic mass is 16.5. The van der Waals surface area contributed by atoms with Gasteiger partial charge in [-0.3, -0.25) is 4.79 Å². The second-order valence-corrected chi connectivity index (χ2v) is 8.87. The van der Waals surface area contributed by atoms with Gasteiger partial charge in [-0.15, -0.1) is 0 Å². The average molecular weight is 425 g/mol. The predicted octanol–water partition coefficient (Wildman–Crippen LogP) is 0.142. The molecule has 6 heteroatoms. The van der Waals surface area contributed by atoms with Crippen LogP contribution < -0.4 is 20.0 Å². The maximum atomic E-state index is 12.8. The molecular weight excluding hydrogens is 388 g/mol. The first-order chi connectivity index (χ1) is 15.1. The van der Waals surface area contributed by atoms with Crippen molar-refractivity contribution < 1.29 is 19.3 Å². The van der Waals surface area contributed by atoms with Crippen molar-refractivity contribution in [3.63, 3.8) is 0 Å². The first kappa shape index (κ1) is 21.8. The molecule has 0 aliphatic carbocycles. The number of nitrogens with zero attached hydrogens (tertiary/aromatic N) is 1. The van der Waals surface area contributed by atoms with Crippen molar-refractivity contribution in [2.24, 2.45) is 0 Å². The maximum Gasteiger partial charge on any atom is 0.282 e. The number of carbonyl (C=O) groups excluding carboxylic acids is 1. The van der Waals surface area contributed by atoms with Crippen molar-refractivity contribution in [3.05, 3.63) is 59.7 Å². The number of nitrogens with one attached hydrogen (secondary N) is 3. The third-order valence-corrected chi connectivity index (χ3v) is 6.82. The highest BCUT2D eigenvalue weighted by Gasteiger charge is 2.31. The van der Waals surface area contributed by atoms with Gasteiger partial charge in [0, 0.05) is 30.0 Å². The molecular formula is C25H36N4O2+2. The minimum atomic E-state index is -0.0427. The standard InChI is InChI=1S/C25H34N4O2/c1-20-5-3-4-6-22(20)19-27-11-13-28(14-12-27)21(2)25(30)26-23-7-9-24(10-8-23)29-15-17-31-18-16-29/h3-10,21H,11-19H2,1-2H3,(H,26,30)/p+2/t21-/m0/s1. The summed E-state index contributed by atoms with van der Waals surface area (Å²) in [7, 11) is 0. The highest BCUT2D eigenvalue weighted by molar-refractivity contribution is 5.93. The van der Waals surface area contributed by atoms with E-state index in [9.17, 15) is 4.79 Å². The molecule has 0 saturated carbocycles. The zero-order chi connectivity index (χ0) is 21.6. The van der Waals surface area contributed by atoms with Crippen LogP contribution in [0, 0.1) is 6.92 Å². The molecule has 6 nitrogen and oxygen atoms in total. The number of hydrogen-bond acceptors (Lipinski definition) is 3. The number of aryl methyl sites for hydroxylation is 1. The Morgan fingerprint density at radius 3 is 2.39 bits per heavy atom. The lowest BCUT2D eigenvalue weighted by Gasteiger charge is -2.33.